The van der Waals surface area contributed by atoms with Crippen molar-refractivity contribution in [2.45, 2.75) is 26.5 Å². The highest BCUT2D eigenvalue weighted by molar-refractivity contribution is 14.0. The van der Waals surface area contributed by atoms with Crippen molar-refractivity contribution in [1.29, 1.82) is 0 Å². The van der Waals surface area contributed by atoms with E-state index < -0.39 is 0 Å². The van der Waals surface area contributed by atoms with Crippen molar-refractivity contribution in [2.24, 2.45) is 12.0 Å². The second kappa shape index (κ2) is 11.5. The number of hydrogen-bond acceptors (Lipinski definition) is 5. The van der Waals surface area contributed by atoms with Crippen LogP contribution >= 0.6 is 24.0 Å². The molecule has 8 nitrogen and oxygen atoms in total. The minimum Gasteiger partial charge on any atom is -0.383 e. The van der Waals surface area contributed by atoms with Gasteiger partial charge < -0.3 is 24.3 Å². The third-order valence-electron chi connectivity index (χ3n) is 5.04. The molecule has 1 aromatic carbocycles. The van der Waals surface area contributed by atoms with Gasteiger partial charge in [0.25, 0.3) is 0 Å². The zero-order chi connectivity index (χ0) is 19.9. The molecule has 29 heavy (non-hydrogen) atoms. The molecule has 0 amide bonds. The lowest BCUT2D eigenvalue weighted by molar-refractivity contribution is -0.00846. The number of guanidine groups is 1. The first-order valence-corrected chi connectivity index (χ1v) is 9.64. The Morgan fingerprint density at radius 1 is 1.31 bits per heavy atom. The molecule has 0 spiro atoms. The van der Waals surface area contributed by atoms with Crippen molar-refractivity contribution < 1.29 is 9.47 Å². The molecule has 1 saturated heterocycles. The third-order valence-corrected chi connectivity index (χ3v) is 5.04. The number of nitrogens with one attached hydrogen (secondary N) is 1. The average molecular weight is 514 g/mol. The van der Waals surface area contributed by atoms with Crippen LogP contribution in [-0.2, 0) is 23.1 Å². The first kappa shape index (κ1) is 23.6. The van der Waals surface area contributed by atoms with Gasteiger partial charge in [-0.2, -0.15) is 0 Å². The van der Waals surface area contributed by atoms with Crippen molar-refractivity contribution in [2.75, 3.05) is 40.0 Å². The van der Waals surface area contributed by atoms with Gasteiger partial charge in [0.15, 0.2) is 11.8 Å². The largest absolute Gasteiger partial charge is 0.383 e. The Kier molecular flexibility index (Phi) is 9.31. The number of rotatable bonds is 6. The summed E-state index contributed by atoms with van der Waals surface area (Å²) in [6, 6.07) is 8.38. The van der Waals surface area contributed by atoms with Crippen molar-refractivity contribution in [3.8, 4) is 0 Å². The number of methoxy groups -OCH3 is 1. The van der Waals surface area contributed by atoms with Gasteiger partial charge in [-0.15, -0.1) is 34.2 Å². The number of aryl methyl sites for hydroxylation is 2. The van der Waals surface area contributed by atoms with E-state index in [0.717, 1.165) is 30.7 Å². The number of nitrogens with zero attached hydrogens (tertiary/aromatic N) is 5. The molecular formula is C20H31IN6O2. The maximum Gasteiger partial charge on any atom is 0.194 e. The van der Waals surface area contributed by atoms with Crippen molar-refractivity contribution in [3.63, 3.8) is 0 Å². The van der Waals surface area contributed by atoms with Gasteiger partial charge in [-0.25, -0.2) is 4.99 Å². The average Bonchev–Trinajstić information content (AvgIpc) is 3.03. The Balaban J connectivity index is 0.00000300. The molecule has 1 unspecified atom stereocenters. The molecule has 1 N–H and O–H groups in total. The summed E-state index contributed by atoms with van der Waals surface area (Å²) in [5.74, 6) is 2.57. The van der Waals surface area contributed by atoms with E-state index in [1.807, 2.05) is 18.5 Å². The summed E-state index contributed by atoms with van der Waals surface area (Å²) in [5.41, 5.74) is 2.47. The maximum absolute atomic E-state index is 6.06. The molecule has 1 aliphatic heterocycles. The molecule has 2 aromatic rings. The summed E-state index contributed by atoms with van der Waals surface area (Å²) in [5, 5.41) is 11.7. The summed E-state index contributed by atoms with van der Waals surface area (Å²) in [4.78, 5) is 7.06. The van der Waals surface area contributed by atoms with E-state index in [9.17, 15) is 0 Å². The van der Waals surface area contributed by atoms with Crippen LogP contribution < -0.4 is 5.32 Å². The molecule has 3 rings (SSSR count). The zero-order valence-electron chi connectivity index (χ0n) is 17.6. The van der Waals surface area contributed by atoms with Gasteiger partial charge in [0.05, 0.1) is 19.8 Å². The normalized spacial score (nSPS) is 17.2. The standard InChI is InChI=1S/C20H30N6O2.HI/c1-15-7-5-6-8-17(15)18-14-26(10-12-28-18)20(21-9-11-27-4)22-13-19-24-23-16(2)25(19)3;/h5-8,18H,9-14H2,1-4H3,(H,21,22);1H. The minimum absolute atomic E-state index is 0. The Morgan fingerprint density at radius 2 is 2.10 bits per heavy atom. The van der Waals surface area contributed by atoms with Gasteiger partial charge >= 0.3 is 0 Å². The van der Waals surface area contributed by atoms with Crippen LogP contribution in [0.2, 0.25) is 0 Å². The molecular weight excluding hydrogens is 483 g/mol. The number of aliphatic imine (C=N–C) groups is 1. The van der Waals surface area contributed by atoms with Crippen molar-refractivity contribution in [1.82, 2.24) is 25.0 Å². The fourth-order valence-electron chi connectivity index (χ4n) is 3.24. The fraction of sp³-hybridized carbons (Fsp3) is 0.550. The number of halogens is 1. The molecule has 1 fully saturated rings. The smallest absolute Gasteiger partial charge is 0.194 e. The number of benzene rings is 1. The second-order valence-electron chi connectivity index (χ2n) is 6.94. The number of morpholine rings is 1. The summed E-state index contributed by atoms with van der Waals surface area (Å²) < 4.78 is 13.2. The predicted molar refractivity (Wildman–Crippen MR) is 124 cm³/mol. The van der Waals surface area contributed by atoms with Gasteiger partial charge in [0.1, 0.15) is 18.5 Å². The van der Waals surface area contributed by atoms with Crippen LogP contribution in [0.1, 0.15) is 28.9 Å². The SMILES string of the molecule is COCCNC(=NCc1nnc(C)n1C)N1CCOC(c2ccccc2C)C1.I. The van der Waals surface area contributed by atoms with E-state index in [1.165, 1.54) is 11.1 Å². The van der Waals surface area contributed by atoms with Gasteiger partial charge in [-0.05, 0) is 25.0 Å². The quantitative estimate of drug-likeness (QED) is 0.276. The highest BCUT2D eigenvalue weighted by Gasteiger charge is 2.25. The van der Waals surface area contributed by atoms with Crippen LogP contribution in [0.5, 0.6) is 0 Å². The Morgan fingerprint density at radius 3 is 2.79 bits per heavy atom. The molecule has 0 saturated carbocycles. The lowest BCUT2D eigenvalue weighted by Gasteiger charge is -2.36. The topological polar surface area (TPSA) is 76.8 Å². The van der Waals surface area contributed by atoms with Crippen LogP contribution in [0.4, 0.5) is 0 Å². The molecule has 0 bridgehead atoms. The highest BCUT2D eigenvalue weighted by Crippen LogP contribution is 2.25. The summed E-state index contributed by atoms with van der Waals surface area (Å²) >= 11 is 0. The molecule has 0 aliphatic carbocycles. The van der Waals surface area contributed by atoms with Crippen LogP contribution in [0.3, 0.4) is 0 Å². The number of hydrogen-bond donors (Lipinski definition) is 1. The van der Waals surface area contributed by atoms with Crippen LogP contribution in [-0.4, -0.2) is 65.6 Å². The Bertz CT molecular complexity index is 810. The molecule has 2 heterocycles. The van der Waals surface area contributed by atoms with E-state index in [1.54, 1.807) is 7.11 Å². The first-order valence-electron chi connectivity index (χ1n) is 9.64. The highest BCUT2D eigenvalue weighted by atomic mass is 127. The number of ether oxygens (including phenoxy) is 2. The van der Waals surface area contributed by atoms with Crippen LogP contribution in [0.25, 0.3) is 0 Å². The summed E-state index contributed by atoms with van der Waals surface area (Å²) in [6.45, 7) is 8.05. The molecule has 160 valence electrons. The van der Waals surface area contributed by atoms with Gasteiger partial charge in [-0.1, -0.05) is 24.3 Å². The van der Waals surface area contributed by atoms with Crippen molar-refractivity contribution in [3.05, 3.63) is 47.0 Å². The van der Waals surface area contributed by atoms with Crippen LogP contribution in [0, 0.1) is 13.8 Å². The van der Waals surface area contributed by atoms with Gasteiger partial charge in [-0.3, -0.25) is 0 Å². The molecule has 1 atom stereocenters. The maximum atomic E-state index is 6.06. The predicted octanol–water partition coefficient (Wildman–Crippen LogP) is 2.22. The second-order valence-corrected chi connectivity index (χ2v) is 6.94. The zero-order valence-corrected chi connectivity index (χ0v) is 19.9. The van der Waals surface area contributed by atoms with E-state index in [-0.39, 0.29) is 30.1 Å². The number of aromatic nitrogens is 3. The van der Waals surface area contributed by atoms with Gasteiger partial charge in [0.2, 0.25) is 0 Å². The van der Waals surface area contributed by atoms with E-state index in [4.69, 9.17) is 14.5 Å². The molecule has 9 heteroatoms. The van der Waals surface area contributed by atoms with E-state index in [0.29, 0.717) is 26.3 Å². The lowest BCUT2D eigenvalue weighted by atomic mass is 10.0. The monoisotopic (exact) mass is 514 g/mol. The molecule has 1 aliphatic rings. The fourth-order valence-corrected chi connectivity index (χ4v) is 3.24. The Labute approximate surface area is 189 Å². The first-order chi connectivity index (χ1) is 13.6. The summed E-state index contributed by atoms with van der Waals surface area (Å²) in [6.07, 6.45) is 0.0291. The summed E-state index contributed by atoms with van der Waals surface area (Å²) in [7, 11) is 3.66. The van der Waals surface area contributed by atoms with Crippen molar-refractivity contribution >= 4 is 29.9 Å². The van der Waals surface area contributed by atoms with E-state index >= 15 is 0 Å². The molecule has 1 aromatic heterocycles. The van der Waals surface area contributed by atoms with Gasteiger partial charge in [0, 0.05) is 27.2 Å². The van der Waals surface area contributed by atoms with Crippen LogP contribution in [0.15, 0.2) is 29.3 Å². The molecule has 0 radical (unpaired) electrons. The third kappa shape index (κ3) is 6.13. The minimum atomic E-state index is 0. The Hall–Kier alpha value is -1.72. The lowest BCUT2D eigenvalue weighted by Crippen LogP contribution is -2.49. The van der Waals surface area contributed by atoms with E-state index in [2.05, 4.69) is 51.6 Å².